The first kappa shape index (κ1) is 12.9. The van der Waals surface area contributed by atoms with E-state index in [0.29, 0.717) is 11.2 Å². The topological polar surface area (TPSA) is 24.9 Å². The molecule has 0 amide bonds. The van der Waals surface area contributed by atoms with E-state index in [4.69, 9.17) is 4.98 Å². The monoisotopic (exact) mass is 282 g/mol. The van der Waals surface area contributed by atoms with Gasteiger partial charge in [0.25, 0.3) is 0 Å². The van der Waals surface area contributed by atoms with E-state index >= 15 is 0 Å². The molecule has 2 unspecified atom stereocenters. The average Bonchev–Trinajstić information content (AvgIpc) is 2.85. The Hall–Kier alpha value is -0.0600. The van der Waals surface area contributed by atoms with E-state index in [1.165, 1.54) is 55.0 Å². The summed E-state index contributed by atoms with van der Waals surface area (Å²) in [5, 5.41) is 5.45. The number of thioether (sulfide) groups is 1. The quantitative estimate of drug-likeness (QED) is 0.914. The summed E-state index contributed by atoms with van der Waals surface area (Å²) in [4.78, 5) is 6.62. The minimum Gasteiger partial charge on any atom is -0.319 e. The van der Waals surface area contributed by atoms with Crippen molar-refractivity contribution in [2.24, 2.45) is 0 Å². The number of aromatic nitrogens is 1. The summed E-state index contributed by atoms with van der Waals surface area (Å²) in [6.45, 7) is 1.09. The highest BCUT2D eigenvalue weighted by Gasteiger charge is 2.27. The Balaban J connectivity index is 1.81. The Kier molecular flexibility index (Phi) is 4.27. The fraction of sp³-hybridized carbons (Fsp3) is 0.786. The molecule has 3 rings (SSSR count). The standard InChI is InChI=1S/C14H22N2S2/c1-15-9-10-5-4-7-11-13(10)16-14(18-11)12-6-2-3-8-17-12/h10,12,15H,2-9H2,1H3. The molecule has 0 saturated carbocycles. The van der Waals surface area contributed by atoms with E-state index in [9.17, 15) is 0 Å². The van der Waals surface area contributed by atoms with Gasteiger partial charge in [-0.1, -0.05) is 6.42 Å². The van der Waals surface area contributed by atoms with Crippen molar-refractivity contribution in [3.05, 3.63) is 15.6 Å². The number of aryl methyl sites for hydroxylation is 1. The lowest BCUT2D eigenvalue weighted by atomic mass is 9.91. The van der Waals surface area contributed by atoms with Crippen LogP contribution in [0, 0.1) is 0 Å². The molecule has 1 aliphatic heterocycles. The van der Waals surface area contributed by atoms with Gasteiger partial charge in [0.05, 0.1) is 10.9 Å². The van der Waals surface area contributed by atoms with E-state index in [0.717, 1.165) is 6.54 Å². The minimum atomic E-state index is 0.664. The van der Waals surface area contributed by atoms with Gasteiger partial charge in [0.15, 0.2) is 0 Å². The Morgan fingerprint density at radius 3 is 3.00 bits per heavy atom. The van der Waals surface area contributed by atoms with Crippen LogP contribution in [-0.4, -0.2) is 24.3 Å². The third-order valence-electron chi connectivity index (χ3n) is 3.99. The van der Waals surface area contributed by atoms with E-state index in [1.54, 1.807) is 4.88 Å². The van der Waals surface area contributed by atoms with Crippen molar-refractivity contribution in [1.29, 1.82) is 0 Å². The van der Waals surface area contributed by atoms with E-state index in [-0.39, 0.29) is 0 Å². The summed E-state index contributed by atoms with van der Waals surface area (Å²) in [7, 11) is 2.05. The van der Waals surface area contributed by atoms with Gasteiger partial charge in [-0.15, -0.1) is 11.3 Å². The first-order valence-electron chi connectivity index (χ1n) is 7.14. The minimum absolute atomic E-state index is 0.664. The molecule has 0 radical (unpaired) electrons. The maximum atomic E-state index is 5.03. The Morgan fingerprint density at radius 1 is 1.28 bits per heavy atom. The summed E-state index contributed by atoms with van der Waals surface area (Å²) in [5.41, 5.74) is 1.43. The summed E-state index contributed by atoms with van der Waals surface area (Å²) in [5.74, 6) is 1.99. The second-order valence-electron chi connectivity index (χ2n) is 5.36. The highest BCUT2D eigenvalue weighted by molar-refractivity contribution is 7.99. The maximum absolute atomic E-state index is 5.03. The number of nitrogens with zero attached hydrogens (tertiary/aromatic N) is 1. The number of rotatable bonds is 3. The Labute approximate surface area is 118 Å². The molecule has 4 heteroatoms. The maximum Gasteiger partial charge on any atom is 0.106 e. The molecule has 1 aromatic rings. The Bertz CT molecular complexity index is 396. The SMILES string of the molecule is CNCC1CCCc2sc(C3CCCCS3)nc21. The first-order valence-corrected chi connectivity index (χ1v) is 9.00. The zero-order valence-corrected chi connectivity index (χ0v) is 12.7. The fourth-order valence-electron chi connectivity index (χ4n) is 3.04. The molecule has 1 N–H and O–H groups in total. The molecule has 2 heterocycles. The van der Waals surface area contributed by atoms with Crippen LogP contribution in [0.15, 0.2) is 0 Å². The van der Waals surface area contributed by atoms with Crippen molar-refractivity contribution in [2.75, 3.05) is 19.3 Å². The molecule has 0 bridgehead atoms. The zero-order chi connectivity index (χ0) is 12.4. The van der Waals surface area contributed by atoms with Crippen LogP contribution in [0.5, 0.6) is 0 Å². The van der Waals surface area contributed by atoms with Crippen molar-refractivity contribution in [1.82, 2.24) is 10.3 Å². The van der Waals surface area contributed by atoms with Crippen LogP contribution < -0.4 is 5.32 Å². The molecule has 1 saturated heterocycles. The lowest BCUT2D eigenvalue weighted by Crippen LogP contribution is -2.21. The first-order chi connectivity index (χ1) is 8.88. The zero-order valence-electron chi connectivity index (χ0n) is 11.1. The molecule has 2 aliphatic rings. The van der Waals surface area contributed by atoms with E-state index in [2.05, 4.69) is 24.1 Å². The van der Waals surface area contributed by atoms with Gasteiger partial charge in [-0.05, 0) is 44.9 Å². The Morgan fingerprint density at radius 2 is 2.22 bits per heavy atom. The highest BCUT2D eigenvalue weighted by Crippen LogP contribution is 2.43. The summed E-state index contributed by atoms with van der Waals surface area (Å²) in [6.07, 6.45) is 8.06. The van der Waals surface area contributed by atoms with Crippen LogP contribution >= 0.6 is 23.1 Å². The molecular weight excluding hydrogens is 260 g/mol. The van der Waals surface area contributed by atoms with Gasteiger partial charge in [-0.2, -0.15) is 11.8 Å². The van der Waals surface area contributed by atoms with Crippen molar-refractivity contribution < 1.29 is 0 Å². The number of hydrogen-bond acceptors (Lipinski definition) is 4. The van der Waals surface area contributed by atoms with Crippen LogP contribution in [0.2, 0.25) is 0 Å². The second kappa shape index (κ2) is 5.93. The van der Waals surface area contributed by atoms with Gasteiger partial charge < -0.3 is 5.32 Å². The highest BCUT2D eigenvalue weighted by atomic mass is 32.2. The van der Waals surface area contributed by atoms with E-state index in [1.807, 2.05) is 11.3 Å². The molecule has 18 heavy (non-hydrogen) atoms. The van der Waals surface area contributed by atoms with Gasteiger partial charge in [0.1, 0.15) is 5.01 Å². The summed E-state index contributed by atoms with van der Waals surface area (Å²) >= 11 is 4.14. The van der Waals surface area contributed by atoms with Crippen LogP contribution in [0.4, 0.5) is 0 Å². The lowest BCUT2D eigenvalue weighted by Gasteiger charge is -2.20. The summed E-state index contributed by atoms with van der Waals surface area (Å²) in [6, 6.07) is 0. The number of nitrogens with one attached hydrogen (secondary N) is 1. The van der Waals surface area contributed by atoms with Crippen LogP contribution in [0.25, 0.3) is 0 Å². The number of likely N-dealkylation sites (N-methyl/N-ethyl adjacent to an activating group) is 1. The normalized spacial score (nSPS) is 28.1. The number of thiazole rings is 1. The molecule has 2 nitrogen and oxygen atoms in total. The van der Waals surface area contributed by atoms with Crippen molar-refractivity contribution in [3.63, 3.8) is 0 Å². The predicted molar refractivity (Wildman–Crippen MR) is 80.8 cm³/mol. The van der Waals surface area contributed by atoms with Gasteiger partial charge in [-0.25, -0.2) is 4.98 Å². The molecule has 0 spiro atoms. The van der Waals surface area contributed by atoms with E-state index < -0.39 is 0 Å². The van der Waals surface area contributed by atoms with Crippen LogP contribution in [0.1, 0.15) is 58.9 Å². The fourth-order valence-corrected chi connectivity index (χ4v) is 5.79. The molecule has 1 aromatic heterocycles. The molecule has 2 atom stereocenters. The van der Waals surface area contributed by atoms with Gasteiger partial charge in [0, 0.05) is 17.3 Å². The predicted octanol–water partition coefficient (Wildman–Crippen LogP) is 3.74. The third-order valence-corrected chi connectivity index (χ3v) is 6.77. The number of fused-ring (bicyclic) bond motifs is 1. The largest absolute Gasteiger partial charge is 0.319 e. The third kappa shape index (κ3) is 2.61. The smallest absolute Gasteiger partial charge is 0.106 e. The molecular formula is C14H22N2S2. The van der Waals surface area contributed by atoms with Crippen molar-refractivity contribution in [3.8, 4) is 0 Å². The lowest BCUT2D eigenvalue weighted by molar-refractivity contribution is 0.521. The molecule has 1 aliphatic carbocycles. The van der Waals surface area contributed by atoms with Crippen molar-refractivity contribution in [2.45, 2.75) is 49.7 Å². The summed E-state index contributed by atoms with van der Waals surface area (Å²) < 4.78 is 0. The molecule has 100 valence electrons. The second-order valence-corrected chi connectivity index (χ2v) is 7.79. The molecule has 1 fully saturated rings. The van der Waals surface area contributed by atoms with Crippen LogP contribution in [0.3, 0.4) is 0 Å². The molecule has 0 aromatic carbocycles. The van der Waals surface area contributed by atoms with Gasteiger partial charge >= 0.3 is 0 Å². The average molecular weight is 282 g/mol. The number of hydrogen-bond donors (Lipinski definition) is 1. The van der Waals surface area contributed by atoms with Crippen LogP contribution in [-0.2, 0) is 6.42 Å². The van der Waals surface area contributed by atoms with Gasteiger partial charge in [-0.3, -0.25) is 0 Å². The van der Waals surface area contributed by atoms with Gasteiger partial charge in [0.2, 0.25) is 0 Å². The van der Waals surface area contributed by atoms with Crippen molar-refractivity contribution >= 4 is 23.1 Å².